The third-order valence-corrected chi connectivity index (χ3v) is 7.56. The quantitative estimate of drug-likeness (QED) is 0.272. The Hall–Kier alpha value is -3.47. The molecule has 4 aromatic rings. The minimum atomic E-state index is -0.985. The van der Waals surface area contributed by atoms with Crippen molar-refractivity contribution < 1.29 is 9.53 Å². The Balaban J connectivity index is 1.63. The summed E-state index contributed by atoms with van der Waals surface area (Å²) >= 11 is 1.65. The molecular formula is C30H27NO2S. The van der Waals surface area contributed by atoms with E-state index in [9.17, 15) is 4.79 Å². The van der Waals surface area contributed by atoms with Crippen LogP contribution in [0, 0.1) is 6.92 Å². The summed E-state index contributed by atoms with van der Waals surface area (Å²) in [5.41, 5.74) is 3.06. The molecule has 0 radical (unpaired) electrons. The van der Waals surface area contributed by atoms with Crippen LogP contribution in [0.2, 0.25) is 0 Å². The zero-order valence-corrected chi connectivity index (χ0v) is 20.0. The van der Waals surface area contributed by atoms with Crippen LogP contribution in [-0.4, -0.2) is 12.0 Å². The van der Waals surface area contributed by atoms with Gasteiger partial charge in [0.05, 0.1) is 19.3 Å². The molecule has 0 aliphatic carbocycles. The van der Waals surface area contributed by atoms with Gasteiger partial charge < -0.3 is 9.64 Å². The van der Waals surface area contributed by atoms with Crippen molar-refractivity contribution in [2.45, 2.75) is 31.6 Å². The van der Waals surface area contributed by atoms with E-state index in [2.05, 4.69) is 43.8 Å². The van der Waals surface area contributed by atoms with Gasteiger partial charge in [-0.3, -0.25) is 4.79 Å². The number of amides is 1. The molecule has 2 atom stereocenters. The summed E-state index contributed by atoms with van der Waals surface area (Å²) in [4.78, 5) is 18.6. The normalized spacial score (nSPS) is 18.0. The summed E-state index contributed by atoms with van der Waals surface area (Å²) in [5, 5.41) is 0. The van der Waals surface area contributed by atoms with E-state index in [4.69, 9.17) is 4.74 Å². The topological polar surface area (TPSA) is 29.5 Å². The highest BCUT2D eigenvalue weighted by Gasteiger charge is 2.57. The molecule has 34 heavy (non-hydrogen) atoms. The number of para-hydroxylation sites is 1. The molecule has 1 aliphatic heterocycles. The first-order valence-electron chi connectivity index (χ1n) is 11.4. The molecule has 0 spiro atoms. The highest BCUT2D eigenvalue weighted by atomic mass is 32.1. The molecule has 3 aromatic carbocycles. The first-order chi connectivity index (χ1) is 16.6. The minimum Gasteiger partial charge on any atom is -0.368 e. The van der Waals surface area contributed by atoms with Crippen LogP contribution in [-0.2, 0) is 28.1 Å². The van der Waals surface area contributed by atoms with Crippen molar-refractivity contribution in [2.24, 2.45) is 0 Å². The smallest absolute Gasteiger partial charge is 0.246 e. The number of carbonyl (C=O) groups excluding carboxylic acids is 1. The number of benzene rings is 3. The molecule has 0 unspecified atom stereocenters. The second-order valence-electron chi connectivity index (χ2n) is 8.57. The van der Waals surface area contributed by atoms with Crippen molar-refractivity contribution in [1.82, 2.24) is 0 Å². The summed E-state index contributed by atoms with van der Waals surface area (Å²) in [6.07, 6.45) is 1.26. The Labute approximate surface area is 205 Å². The van der Waals surface area contributed by atoms with Gasteiger partial charge in [-0.25, -0.2) is 0 Å². The molecule has 1 aliphatic rings. The first-order valence-corrected chi connectivity index (χ1v) is 12.3. The van der Waals surface area contributed by atoms with Crippen molar-refractivity contribution >= 4 is 22.9 Å². The summed E-state index contributed by atoms with van der Waals surface area (Å²) in [5.74, 6) is 0.0253. The lowest BCUT2D eigenvalue weighted by molar-refractivity contribution is -0.126. The lowest BCUT2D eigenvalue weighted by atomic mass is 9.75. The van der Waals surface area contributed by atoms with Gasteiger partial charge in [-0.15, -0.1) is 17.9 Å². The van der Waals surface area contributed by atoms with E-state index in [0.717, 1.165) is 32.1 Å². The highest BCUT2D eigenvalue weighted by Crippen LogP contribution is 2.51. The van der Waals surface area contributed by atoms with Gasteiger partial charge >= 0.3 is 0 Å². The van der Waals surface area contributed by atoms with Gasteiger partial charge in [0, 0.05) is 15.4 Å². The summed E-state index contributed by atoms with van der Waals surface area (Å²) < 4.78 is 6.50. The molecule has 4 heteroatoms. The van der Waals surface area contributed by atoms with Gasteiger partial charge in [-0.1, -0.05) is 84.9 Å². The van der Waals surface area contributed by atoms with Crippen LogP contribution in [0.4, 0.5) is 5.69 Å². The number of thiophene rings is 1. The molecule has 0 fully saturated rings. The Morgan fingerprint density at radius 2 is 1.56 bits per heavy atom. The van der Waals surface area contributed by atoms with Gasteiger partial charge in [0.25, 0.3) is 0 Å². The van der Waals surface area contributed by atoms with E-state index in [-0.39, 0.29) is 5.91 Å². The molecular weight excluding hydrogens is 438 g/mol. The first kappa shape index (κ1) is 22.3. The molecule has 5 rings (SSSR count). The fraction of sp³-hybridized carbons (Fsp3) is 0.167. The Bertz CT molecular complexity index is 1300. The third kappa shape index (κ3) is 3.79. The predicted molar refractivity (Wildman–Crippen MR) is 139 cm³/mol. The van der Waals surface area contributed by atoms with Gasteiger partial charge in [0.15, 0.2) is 0 Å². The lowest BCUT2D eigenvalue weighted by Crippen LogP contribution is -2.49. The molecule has 0 saturated heterocycles. The fourth-order valence-electron chi connectivity index (χ4n) is 4.83. The number of anilines is 1. The maximum absolute atomic E-state index is 14.5. The van der Waals surface area contributed by atoms with Gasteiger partial charge in [-0.2, -0.15) is 0 Å². The molecule has 0 saturated carbocycles. The van der Waals surface area contributed by atoms with Gasteiger partial charge in [-0.05, 0) is 41.8 Å². The Kier molecular flexibility index (Phi) is 6.18. The second kappa shape index (κ2) is 9.41. The van der Waals surface area contributed by atoms with E-state index in [0.29, 0.717) is 13.2 Å². The highest BCUT2D eigenvalue weighted by molar-refractivity contribution is 7.12. The van der Waals surface area contributed by atoms with E-state index >= 15 is 0 Å². The number of carbonyl (C=O) groups is 1. The van der Waals surface area contributed by atoms with Crippen LogP contribution in [0.1, 0.15) is 26.4 Å². The minimum absolute atomic E-state index is 0.0253. The van der Waals surface area contributed by atoms with Crippen LogP contribution < -0.4 is 4.90 Å². The molecule has 2 heterocycles. The number of aryl methyl sites for hydroxylation is 1. The summed E-state index contributed by atoms with van der Waals surface area (Å²) in [6, 6.07) is 32.4. The summed E-state index contributed by atoms with van der Waals surface area (Å²) in [7, 11) is 0. The number of hydrogen-bond acceptors (Lipinski definition) is 3. The van der Waals surface area contributed by atoms with Crippen molar-refractivity contribution in [2.75, 3.05) is 4.90 Å². The predicted octanol–water partition coefficient (Wildman–Crippen LogP) is 6.66. The molecule has 3 nitrogen and oxygen atoms in total. The average molecular weight is 466 g/mol. The monoisotopic (exact) mass is 465 g/mol. The van der Waals surface area contributed by atoms with Crippen molar-refractivity contribution in [3.05, 3.63) is 136 Å². The Morgan fingerprint density at radius 1 is 0.912 bits per heavy atom. The lowest BCUT2D eigenvalue weighted by Gasteiger charge is -2.34. The second-order valence-corrected chi connectivity index (χ2v) is 9.85. The van der Waals surface area contributed by atoms with Crippen LogP contribution in [0.15, 0.2) is 110 Å². The third-order valence-electron chi connectivity index (χ3n) is 6.43. The van der Waals surface area contributed by atoms with Gasteiger partial charge in [0.2, 0.25) is 5.91 Å². The fourth-order valence-corrected chi connectivity index (χ4v) is 5.93. The zero-order chi connectivity index (χ0) is 23.5. The van der Waals surface area contributed by atoms with Gasteiger partial charge in [0.1, 0.15) is 5.41 Å². The summed E-state index contributed by atoms with van der Waals surface area (Å²) in [6.45, 7) is 7.10. The zero-order valence-electron chi connectivity index (χ0n) is 19.2. The largest absolute Gasteiger partial charge is 0.368 e. The van der Waals surface area contributed by atoms with Crippen LogP contribution in [0.25, 0.3) is 0 Å². The van der Waals surface area contributed by atoms with Crippen molar-refractivity contribution in [1.29, 1.82) is 0 Å². The molecule has 0 bridgehead atoms. The molecule has 170 valence electrons. The number of nitrogens with zero attached hydrogens (tertiary/aromatic N) is 1. The van der Waals surface area contributed by atoms with Crippen molar-refractivity contribution in [3.63, 3.8) is 0 Å². The molecule has 1 amide bonds. The number of rotatable bonds is 8. The average Bonchev–Trinajstić information content (AvgIpc) is 3.41. The number of fused-ring (bicyclic) bond motifs is 1. The number of hydrogen-bond donors (Lipinski definition) is 0. The van der Waals surface area contributed by atoms with E-state index in [1.54, 1.807) is 17.4 Å². The molecule has 0 N–H and O–H groups in total. The van der Waals surface area contributed by atoms with E-state index in [1.165, 1.54) is 0 Å². The Morgan fingerprint density at radius 3 is 2.21 bits per heavy atom. The maximum Gasteiger partial charge on any atom is 0.246 e. The van der Waals surface area contributed by atoms with Crippen LogP contribution in [0.3, 0.4) is 0 Å². The van der Waals surface area contributed by atoms with E-state index < -0.39 is 11.5 Å². The number of ether oxygens (including phenoxy) is 1. The molecule has 1 aromatic heterocycles. The van der Waals surface area contributed by atoms with Crippen LogP contribution in [0.5, 0.6) is 0 Å². The van der Waals surface area contributed by atoms with E-state index in [1.807, 2.05) is 71.6 Å². The standard InChI is InChI=1S/C30H27NO2S/c1-3-27(33-21-24-14-8-5-9-15-24)30(28-19-18-22(2)34-28)25-16-10-11-17-26(25)31(29(30)32)20-23-12-6-4-7-13-23/h3-19,27H,1,20-21H2,2H3/t27-,30-/m1/s1. The van der Waals surface area contributed by atoms with Crippen LogP contribution >= 0.6 is 11.3 Å². The van der Waals surface area contributed by atoms with Crippen molar-refractivity contribution in [3.8, 4) is 0 Å². The SMILES string of the molecule is C=C[C@@H](OCc1ccccc1)[C@]1(c2ccc(C)s2)C(=O)N(Cc2ccccc2)c2ccccc21. The maximum atomic E-state index is 14.5.